The highest BCUT2D eigenvalue weighted by molar-refractivity contribution is 7.10. The molecular weight excluding hydrogens is 316 g/mol. The van der Waals surface area contributed by atoms with Gasteiger partial charge in [0.15, 0.2) is 0 Å². The Morgan fingerprint density at radius 3 is 2.96 bits per heavy atom. The molecule has 1 aliphatic heterocycles. The zero-order valence-electron chi connectivity index (χ0n) is 14.5. The van der Waals surface area contributed by atoms with E-state index in [1.807, 2.05) is 11.3 Å². The maximum absolute atomic E-state index is 12.3. The third-order valence-corrected chi connectivity index (χ3v) is 5.91. The van der Waals surface area contributed by atoms with Crippen LogP contribution in [0.5, 0.6) is 0 Å². The molecule has 1 amide bonds. The molecule has 24 heavy (non-hydrogen) atoms. The molecule has 0 spiro atoms. The Balaban J connectivity index is 1.51. The number of nitrogens with zero attached hydrogens (tertiary/aromatic N) is 1. The molecule has 1 unspecified atom stereocenters. The standard InChI is InChI=1S/C20H26N2OS/c1-3-18-17-10-13-24-19(17)9-12-22(18)14-20(23)21-11-8-16-7-5-4-6-15(16)2/h4-7,10,13,18H,3,8-9,11-12,14H2,1-2H3,(H,21,23). The number of aryl methyl sites for hydroxylation is 1. The normalized spacial score (nSPS) is 17.5. The fourth-order valence-electron chi connectivity index (χ4n) is 3.58. The first kappa shape index (κ1) is 17.2. The second-order valence-corrected chi connectivity index (χ2v) is 7.47. The number of nitrogens with one attached hydrogen (secondary N) is 1. The van der Waals surface area contributed by atoms with Gasteiger partial charge < -0.3 is 5.32 Å². The topological polar surface area (TPSA) is 32.3 Å². The van der Waals surface area contributed by atoms with E-state index in [1.165, 1.54) is 21.6 Å². The Bertz CT molecular complexity index is 694. The molecule has 1 aromatic heterocycles. The van der Waals surface area contributed by atoms with Gasteiger partial charge in [-0.3, -0.25) is 9.69 Å². The zero-order valence-corrected chi connectivity index (χ0v) is 15.4. The van der Waals surface area contributed by atoms with Crippen LogP contribution in [-0.2, 0) is 17.6 Å². The average molecular weight is 343 g/mol. The van der Waals surface area contributed by atoms with Crippen LogP contribution >= 0.6 is 11.3 Å². The van der Waals surface area contributed by atoms with E-state index in [4.69, 9.17) is 0 Å². The van der Waals surface area contributed by atoms with Gasteiger partial charge in [0.2, 0.25) is 5.91 Å². The van der Waals surface area contributed by atoms with Crippen molar-refractivity contribution in [2.24, 2.45) is 0 Å². The fraction of sp³-hybridized carbons (Fsp3) is 0.450. The second-order valence-electron chi connectivity index (χ2n) is 6.47. The quantitative estimate of drug-likeness (QED) is 0.868. The van der Waals surface area contributed by atoms with Crippen LogP contribution < -0.4 is 5.32 Å². The number of carbonyl (C=O) groups excluding carboxylic acids is 1. The third-order valence-electron chi connectivity index (χ3n) is 4.92. The second kappa shape index (κ2) is 7.95. The molecular formula is C20H26N2OS. The predicted octanol–water partition coefficient (Wildman–Crippen LogP) is 3.72. The minimum Gasteiger partial charge on any atom is -0.355 e. The molecule has 4 heteroatoms. The summed E-state index contributed by atoms with van der Waals surface area (Å²) in [5, 5.41) is 5.27. The SMILES string of the molecule is CCC1c2ccsc2CCN1CC(=O)NCCc1ccccc1C. The number of rotatable bonds is 6. The van der Waals surface area contributed by atoms with E-state index >= 15 is 0 Å². The number of hydrogen-bond acceptors (Lipinski definition) is 3. The van der Waals surface area contributed by atoms with Crippen molar-refractivity contribution >= 4 is 17.2 Å². The third kappa shape index (κ3) is 3.87. The summed E-state index contributed by atoms with van der Waals surface area (Å²) in [5.41, 5.74) is 4.03. The van der Waals surface area contributed by atoms with Crippen molar-refractivity contribution < 1.29 is 4.79 Å². The van der Waals surface area contributed by atoms with Crippen molar-refractivity contribution in [1.82, 2.24) is 10.2 Å². The van der Waals surface area contributed by atoms with Gasteiger partial charge in [-0.15, -0.1) is 11.3 Å². The Morgan fingerprint density at radius 1 is 1.33 bits per heavy atom. The first-order valence-corrected chi connectivity index (χ1v) is 9.68. The minimum absolute atomic E-state index is 0.140. The molecule has 0 saturated carbocycles. The van der Waals surface area contributed by atoms with Gasteiger partial charge in [0.1, 0.15) is 0 Å². The number of thiophene rings is 1. The van der Waals surface area contributed by atoms with Crippen molar-refractivity contribution in [2.75, 3.05) is 19.6 Å². The van der Waals surface area contributed by atoms with Crippen molar-refractivity contribution in [3.8, 4) is 0 Å². The molecule has 3 rings (SSSR count). The van der Waals surface area contributed by atoms with Crippen molar-refractivity contribution in [2.45, 2.75) is 39.2 Å². The van der Waals surface area contributed by atoms with Gasteiger partial charge in [0.05, 0.1) is 6.54 Å². The summed E-state index contributed by atoms with van der Waals surface area (Å²) in [6.45, 7) is 6.52. The van der Waals surface area contributed by atoms with Crippen molar-refractivity contribution in [1.29, 1.82) is 0 Å². The number of benzene rings is 1. The number of fused-ring (bicyclic) bond motifs is 1. The number of amides is 1. The first-order valence-electron chi connectivity index (χ1n) is 8.80. The Hall–Kier alpha value is -1.65. The molecule has 2 heterocycles. The monoisotopic (exact) mass is 342 g/mol. The molecule has 1 N–H and O–H groups in total. The Morgan fingerprint density at radius 2 is 2.17 bits per heavy atom. The number of hydrogen-bond donors (Lipinski definition) is 1. The molecule has 0 radical (unpaired) electrons. The molecule has 0 bridgehead atoms. The molecule has 128 valence electrons. The predicted molar refractivity (Wildman–Crippen MR) is 101 cm³/mol. The van der Waals surface area contributed by atoms with Gasteiger partial charge in [-0.2, -0.15) is 0 Å². The molecule has 1 aliphatic rings. The van der Waals surface area contributed by atoms with Crippen molar-refractivity contribution in [3.05, 3.63) is 57.3 Å². The van der Waals surface area contributed by atoms with Crippen molar-refractivity contribution in [3.63, 3.8) is 0 Å². The summed E-state index contributed by atoms with van der Waals surface area (Å²) in [7, 11) is 0. The van der Waals surface area contributed by atoms with E-state index in [0.29, 0.717) is 19.1 Å². The lowest BCUT2D eigenvalue weighted by molar-refractivity contribution is -0.122. The number of carbonyl (C=O) groups is 1. The van der Waals surface area contributed by atoms with Crippen LogP contribution in [0.15, 0.2) is 35.7 Å². The molecule has 0 saturated heterocycles. The molecule has 0 fully saturated rings. The largest absolute Gasteiger partial charge is 0.355 e. The van der Waals surface area contributed by atoms with Crippen LogP contribution in [0.1, 0.15) is 41.0 Å². The van der Waals surface area contributed by atoms with E-state index in [2.05, 4.69) is 59.8 Å². The molecule has 2 aromatic rings. The molecule has 1 aromatic carbocycles. The van der Waals surface area contributed by atoms with Crippen LogP contribution in [0, 0.1) is 6.92 Å². The molecule has 3 nitrogen and oxygen atoms in total. The Labute approximate surface area is 148 Å². The van der Waals surface area contributed by atoms with Gasteiger partial charge >= 0.3 is 0 Å². The van der Waals surface area contributed by atoms with Gasteiger partial charge in [0.25, 0.3) is 0 Å². The molecule has 0 aliphatic carbocycles. The highest BCUT2D eigenvalue weighted by Gasteiger charge is 2.27. The van der Waals surface area contributed by atoms with E-state index in [-0.39, 0.29) is 5.91 Å². The smallest absolute Gasteiger partial charge is 0.234 e. The van der Waals surface area contributed by atoms with E-state index < -0.39 is 0 Å². The van der Waals surface area contributed by atoms with E-state index in [9.17, 15) is 4.79 Å². The van der Waals surface area contributed by atoms with Gasteiger partial charge in [-0.25, -0.2) is 0 Å². The Kier molecular flexibility index (Phi) is 5.69. The van der Waals surface area contributed by atoms with Crippen LogP contribution in [0.3, 0.4) is 0 Å². The van der Waals surface area contributed by atoms with Crippen LogP contribution in [0.4, 0.5) is 0 Å². The average Bonchev–Trinajstić information content (AvgIpc) is 3.05. The summed E-state index contributed by atoms with van der Waals surface area (Å²) in [4.78, 5) is 16.2. The maximum Gasteiger partial charge on any atom is 0.234 e. The van der Waals surface area contributed by atoms with E-state index in [1.54, 1.807) is 0 Å². The van der Waals surface area contributed by atoms with Crippen LogP contribution in [0.25, 0.3) is 0 Å². The van der Waals surface area contributed by atoms with E-state index in [0.717, 1.165) is 25.8 Å². The highest BCUT2D eigenvalue weighted by Crippen LogP contribution is 2.34. The van der Waals surface area contributed by atoms with Crippen LogP contribution in [0.2, 0.25) is 0 Å². The first-order chi connectivity index (χ1) is 11.7. The summed E-state index contributed by atoms with van der Waals surface area (Å²) >= 11 is 1.85. The lowest BCUT2D eigenvalue weighted by Gasteiger charge is -2.34. The summed E-state index contributed by atoms with van der Waals surface area (Å²) < 4.78 is 0. The van der Waals surface area contributed by atoms with Gasteiger partial charge in [-0.1, -0.05) is 31.2 Å². The lowest BCUT2D eigenvalue weighted by Crippen LogP contribution is -2.42. The zero-order chi connectivity index (χ0) is 16.9. The van der Waals surface area contributed by atoms with Gasteiger partial charge in [0, 0.05) is 24.0 Å². The van der Waals surface area contributed by atoms with Gasteiger partial charge in [-0.05, 0) is 54.3 Å². The summed E-state index contributed by atoms with van der Waals surface area (Å²) in [6, 6.07) is 11.0. The minimum atomic E-state index is 0.140. The summed E-state index contributed by atoms with van der Waals surface area (Å²) in [6.07, 6.45) is 3.02. The maximum atomic E-state index is 12.3. The van der Waals surface area contributed by atoms with Crippen LogP contribution in [-0.4, -0.2) is 30.4 Å². The summed E-state index contributed by atoms with van der Waals surface area (Å²) in [5.74, 6) is 0.140. The fourth-order valence-corrected chi connectivity index (χ4v) is 4.51. The lowest BCUT2D eigenvalue weighted by atomic mass is 9.98. The highest BCUT2D eigenvalue weighted by atomic mass is 32.1. The molecule has 1 atom stereocenters.